The minimum Gasteiger partial charge on any atom is -0.253 e. The van der Waals surface area contributed by atoms with Gasteiger partial charge in [0.1, 0.15) is 5.82 Å². The van der Waals surface area contributed by atoms with Gasteiger partial charge in [-0.2, -0.15) is 13.2 Å². The fourth-order valence-electron chi connectivity index (χ4n) is 2.35. The zero-order valence-corrected chi connectivity index (χ0v) is 11.3. The predicted octanol–water partition coefficient (Wildman–Crippen LogP) is 4.88. The third kappa shape index (κ3) is 3.08. The Bertz CT molecular complexity index is 632. The van der Waals surface area contributed by atoms with Gasteiger partial charge < -0.3 is 0 Å². The average molecular weight is 285 g/mol. The van der Waals surface area contributed by atoms with Crippen LogP contribution < -0.4 is 0 Å². The van der Waals surface area contributed by atoms with Crippen molar-refractivity contribution < 1.29 is 17.6 Å². The first-order valence-electron chi connectivity index (χ1n) is 6.40. The van der Waals surface area contributed by atoms with Crippen LogP contribution in [0.15, 0.2) is 18.2 Å². The van der Waals surface area contributed by atoms with E-state index in [1.165, 1.54) is 6.07 Å². The molecule has 2 aromatic rings. The second kappa shape index (κ2) is 5.38. The molecule has 1 aromatic carbocycles. The summed E-state index contributed by atoms with van der Waals surface area (Å²) in [5.74, 6) is -0.430. The maximum Gasteiger partial charge on any atom is 0.389 e. The molecular weight excluding hydrogens is 270 g/mol. The van der Waals surface area contributed by atoms with Crippen LogP contribution in [0.5, 0.6) is 0 Å². The molecule has 2 rings (SSSR count). The zero-order chi connectivity index (χ0) is 14.9. The molecule has 1 nitrogen and oxygen atoms in total. The molecule has 1 aromatic heterocycles. The Morgan fingerprint density at radius 1 is 1.15 bits per heavy atom. The highest BCUT2D eigenvalue weighted by Crippen LogP contribution is 2.29. The second-order valence-corrected chi connectivity index (χ2v) is 4.90. The van der Waals surface area contributed by atoms with E-state index < -0.39 is 18.4 Å². The maximum absolute atomic E-state index is 14.0. The molecule has 5 heteroatoms. The molecule has 0 saturated carbocycles. The first-order valence-corrected chi connectivity index (χ1v) is 6.40. The Hall–Kier alpha value is -1.65. The second-order valence-electron chi connectivity index (χ2n) is 4.90. The van der Waals surface area contributed by atoms with E-state index in [-0.39, 0.29) is 12.8 Å². The lowest BCUT2D eigenvalue weighted by atomic mass is 9.96. The van der Waals surface area contributed by atoms with Gasteiger partial charge in [-0.1, -0.05) is 6.07 Å². The summed E-state index contributed by atoms with van der Waals surface area (Å²) in [5, 5.41) is 0.345. The van der Waals surface area contributed by atoms with Crippen LogP contribution in [-0.2, 0) is 6.42 Å². The van der Waals surface area contributed by atoms with Gasteiger partial charge in [0.15, 0.2) is 0 Å². The van der Waals surface area contributed by atoms with Crippen molar-refractivity contribution >= 4 is 10.9 Å². The number of fused-ring (bicyclic) bond motifs is 1. The molecule has 0 N–H and O–H groups in total. The van der Waals surface area contributed by atoms with Gasteiger partial charge in [-0.25, -0.2) is 4.39 Å². The Morgan fingerprint density at radius 3 is 2.50 bits per heavy atom. The number of aromatic nitrogens is 1. The summed E-state index contributed by atoms with van der Waals surface area (Å²) in [4.78, 5) is 4.29. The van der Waals surface area contributed by atoms with Crippen molar-refractivity contribution in [3.05, 3.63) is 40.8 Å². The van der Waals surface area contributed by atoms with Gasteiger partial charge in [0, 0.05) is 17.5 Å². The van der Waals surface area contributed by atoms with Crippen molar-refractivity contribution in [2.45, 2.75) is 39.3 Å². The number of alkyl halides is 3. The minimum atomic E-state index is -4.18. The summed E-state index contributed by atoms with van der Waals surface area (Å²) >= 11 is 0. The van der Waals surface area contributed by atoms with E-state index in [9.17, 15) is 17.6 Å². The van der Waals surface area contributed by atoms with Crippen molar-refractivity contribution in [2.24, 2.45) is 0 Å². The Balaban J connectivity index is 2.42. The fraction of sp³-hybridized carbons (Fsp3) is 0.400. The highest BCUT2D eigenvalue weighted by atomic mass is 19.4. The predicted molar refractivity (Wildman–Crippen MR) is 70.2 cm³/mol. The molecule has 0 radical (unpaired) electrons. The lowest BCUT2D eigenvalue weighted by Crippen LogP contribution is -2.08. The van der Waals surface area contributed by atoms with Crippen LogP contribution >= 0.6 is 0 Å². The molecule has 0 saturated heterocycles. The molecule has 0 spiro atoms. The van der Waals surface area contributed by atoms with Crippen LogP contribution in [0.2, 0.25) is 0 Å². The van der Waals surface area contributed by atoms with E-state index in [1.807, 2.05) is 0 Å². The van der Waals surface area contributed by atoms with Crippen molar-refractivity contribution in [1.29, 1.82) is 0 Å². The quantitative estimate of drug-likeness (QED) is 0.733. The van der Waals surface area contributed by atoms with E-state index in [0.717, 1.165) is 11.3 Å². The number of hydrogen-bond acceptors (Lipinski definition) is 1. The number of pyridine rings is 1. The number of rotatable bonds is 3. The van der Waals surface area contributed by atoms with Crippen LogP contribution in [0.4, 0.5) is 17.6 Å². The smallest absolute Gasteiger partial charge is 0.253 e. The number of aryl methyl sites for hydroxylation is 2. The van der Waals surface area contributed by atoms with Crippen LogP contribution in [0, 0.1) is 19.7 Å². The summed E-state index contributed by atoms with van der Waals surface area (Å²) in [5.41, 5.74) is 2.62. The van der Waals surface area contributed by atoms with Crippen molar-refractivity contribution in [2.75, 3.05) is 0 Å². The monoisotopic (exact) mass is 285 g/mol. The first kappa shape index (κ1) is 14.8. The minimum absolute atomic E-state index is 0.0444. The number of benzene rings is 1. The van der Waals surface area contributed by atoms with Gasteiger partial charge in [-0.3, -0.25) is 4.98 Å². The van der Waals surface area contributed by atoms with E-state index >= 15 is 0 Å². The van der Waals surface area contributed by atoms with Crippen molar-refractivity contribution in [3.8, 4) is 0 Å². The summed E-state index contributed by atoms with van der Waals surface area (Å²) in [6.45, 7) is 3.56. The molecule has 20 heavy (non-hydrogen) atoms. The fourth-order valence-corrected chi connectivity index (χ4v) is 2.35. The lowest BCUT2D eigenvalue weighted by Gasteiger charge is -2.13. The topological polar surface area (TPSA) is 12.9 Å². The molecular formula is C15H15F4N. The van der Waals surface area contributed by atoms with E-state index in [4.69, 9.17) is 0 Å². The first-order chi connectivity index (χ1) is 9.29. The highest BCUT2D eigenvalue weighted by Gasteiger charge is 2.26. The lowest BCUT2D eigenvalue weighted by molar-refractivity contribution is -0.135. The van der Waals surface area contributed by atoms with Crippen LogP contribution in [0.1, 0.15) is 29.7 Å². The summed E-state index contributed by atoms with van der Waals surface area (Å²) in [6, 6.07) is 4.54. The van der Waals surface area contributed by atoms with E-state index in [2.05, 4.69) is 4.98 Å². The van der Waals surface area contributed by atoms with Gasteiger partial charge >= 0.3 is 6.18 Å². The Labute approximate surface area is 114 Å². The molecule has 0 atom stereocenters. The Kier molecular flexibility index (Phi) is 3.97. The number of halogens is 4. The number of hydrogen-bond donors (Lipinski definition) is 0. The summed E-state index contributed by atoms with van der Waals surface area (Å²) in [7, 11) is 0. The average Bonchev–Trinajstić information content (AvgIpc) is 2.33. The highest BCUT2D eigenvalue weighted by molar-refractivity contribution is 5.84. The van der Waals surface area contributed by atoms with E-state index in [0.29, 0.717) is 16.5 Å². The third-order valence-electron chi connectivity index (χ3n) is 3.46. The van der Waals surface area contributed by atoms with Crippen molar-refractivity contribution in [1.82, 2.24) is 4.98 Å². The molecule has 0 aliphatic carbocycles. The number of nitrogens with zero attached hydrogens (tertiary/aromatic N) is 1. The largest absolute Gasteiger partial charge is 0.389 e. The van der Waals surface area contributed by atoms with E-state index in [1.54, 1.807) is 26.0 Å². The third-order valence-corrected chi connectivity index (χ3v) is 3.46. The molecule has 0 aliphatic rings. The maximum atomic E-state index is 14.0. The van der Waals surface area contributed by atoms with Gasteiger partial charge in [0.25, 0.3) is 0 Å². The van der Waals surface area contributed by atoms with Gasteiger partial charge in [0.2, 0.25) is 0 Å². The van der Waals surface area contributed by atoms with Gasteiger partial charge in [-0.05, 0) is 49.9 Å². The van der Waals surface area contributed by atoms with Crippen LogP contribution in [-0.4, -0.2) is 11.2 Å². The van der Waals surface area contributed by atoms with Gasteiger partial charge in [-0.15, -0.1) is 0 Å². The zero-order valence-electron chi connectivity index (χ0n) is 11.3. The molecule has 108 valence electrons. The molecule has 0 amide bonds. The summed E-state index contributed by atoms with van der Waals surface area (Å²) in [6.07, 6.45) is -4.88. The van der Waals surface area contributed by atoms with Crippen molar-refractivity contribution in [3.63, 3.8) is 0 Å². The standard InChI is InChI=1S/C15H15F4N/c1-9-10(2)20-13-7-3-6-12(16)14(13)11(9)5-4-8-15(17,18)19/h3,6-7H,4-5,8H2,1-2H3. The Morgan fingerprint density at radius 2 is 1.85 bits per heavy atom. The molecule has 0 aliphatic heterocycles. The summed E-state index contributed by atoms with van der Waals surface area (Å²) < 4.78 is 50.7. The SMILES string of the molecule is Cc1nc2cccc(F)c2c(CCCC(F)(F)F)c1C. The molecule has 1 heterocycles. The van der Waals surface area contributed by atoms with Crippen LogP contribution in [0.3, 0.4) is 0 Å². The van der Waals surface area contributed by atoms with Crippen LogP contribution in [0.25, 0.3) is 10.9 Å². The normalized spacial score (nSPS) is 12.1. The molecule has 0 fully saturated rings. The molecule has 0 unspecified atom stereocenters. The van der Waals surface area contributed by atoms with Gasteiger partial charge in [0.05, 0.1) is 5.52 Å². The molecule has 0 bridgehead atoms.